The predicted octanol–water partition coefficient (Wildman–Crippen LogP) is -1.80. The van der Waals surface area contributed by atoms with Crippen LogP contribution in [0.15, 0.2) is 0 Å². The highest BCUT2D eigenvalue weighted by Gasteiger charge is 2.25. The molecule has 0 spiro atoms. The maximum absolute atomic E-state index is 11.9. The first-order valence-corrected chi connectivity index (χ1v) is 5.98. The fourth-order valence-corrected chi connectivity index (χ4v) is 1.61. The lowest BCUT2D eigenvalue weighted by Gasteiger charge is -2.26. The molecule has 7 nitrogen and oxygen atoms in total. The number of methoxy groups -OCH3 is 1. The monoisotopic (exact) mass is 259 g/mol. The molecule has 104 valence electrons. The van der Waals surface area contributed by atoms with Crippen molar-refractivity contribution in [1.82, 2.24) is 15.5 Å². The van der Waals surface area contributed by atoms with Crippen molar-refractivity contribution in [3.05, 3.63) is 0 Å². The quantitative estimate of drug-likeness (QED) is 0.550. The van der Waals surface area contributed by atoms with Gasteiger partial charge in [-0.3, -0.25) is 9.59 Å². The van der Waals surface area contributed by atoms with Crippen LogP contribution in [0.5, 0.6) is 0 Å². The number of ether oxygens (including phenoxy) is 2. The van der Waals surface area contributed by atoms with Crippen molar-refractivity contribution >= 4 is 11.8 Å². The summed E-state index contributed by atoms with van der Waals surface area (Å²) < 4.78 is 10.2. The Balaban J connectivity index is 2.27. The van der Waals surface area contributed by atoms with E-state index in [1.807, 2.05) is 0 Å². The van der Waals surface area contributed by atoms with Crippen LogP contribution in [-0.4, -0.2) is 76.4 Å². The Hall–Kier alpha value is -1.18. The smallest absolute Gasteiger partial charge is 0.253 e. The molecule has 18 heavy (non-hydrogen) atoms. The van der Waals surface area contributed by atoms with Gasteiger partial charge in [0.05, 0.1) is 19.8 Å². The summed E-state index contributed by atoms with van der Waals surface area (Å²) in [6.07, 6.45) is -0.490. The van der Waals surface area contributed by atoms with E-state index in [1.54, 1.807) is 14.2 Å². The number of carbonyl (C=O) groups is 2. The van der Waals surface area contributed by atoms with Gasteiger partial charge >= 0.3 is 0 Å². The van der Waals surface area contributed by atoms with E-state index in [9.17, 15) is 9.59 Å². The van der Waals surface area contributed by atoms with Gasteiger partial charge in [0.2, 0.25) is 5.91 Å². The van der Waals surface area contributed by atoms with Gasteiger partial charge < -0.3 is 25.0 Å². The third-order valence-electron chi connectivity index (χ3n) is 2.59. The van der Waals surface area contributed by atoms with Crippen LogP contribution in [0.3, 0.4) is 0 Å². The molecule has 0 radical (unpaired) electrons. The number of hydrogen-bond acceptors (Lipinski definition) is 5. The van der Waals surface area contributed by atoms with Gasteiger partial charge in [-0.05, 0) is 0 Å². The van der Waals surface area contributed by atoms with Crippen molar-refractivity contribution < 1.29 is 19.1 Å². The number of amides is 2. The van der Waals surface area contributed by atoms with E-state index in [1.165, 1.54) is 4.90 Å². The standard InChI is InChI=1S/C11H21N3O4/c1-14(8-10(15)13-4-5-17-2)11(16)9-7-12-3-6-18-9/h9,12H,3-8H2,1-2H3,(H,13,15). The van der Waals surface area contributed by atoms with Crippen molar-refractivity contribution in [3.63, 3.8) is 0 Å². The normalized spacial score (nSPS) is 19.3. The number of morpholine rings is 1. The molecule has 1 saturated heterocycles. The molecule has 7 heteroatoms. The van der Waals surface area contributed by atoms with E-state index in [0.29, 0.717) is 26.3 Å². The first-order chi connectivity index (χ1) is 8.65. The third-order valence-corrected chi connectivity index (χ3v) is 2.59. The van der Waals surface area contributed by atoms with Crippen molar-refractivity contribution in [2.24, 2.45) is 0 Å². The van der Waals surface area contributed by atoms with Gasteiger partial charge in [-0.2, -0.15) is 0 Å². The summed E-state index contributed by atoms with van der Waals surface area (Å²) in [5.74, 6) is -0.379. The summed E-state index contributed by atoms with van der Waals surface area (Å²) in [6, 6.07) is 0. The summed E-state index contributed by atoms with van der Waals surface area (Å²) in [5, 5.41) is 5.73. The summed E-state index contributed by atoms with van der Waals surface area (Å²) >= 11 is 0. The summed E-state index contributed by atoms with van der Waals surface area (Å²) in [5.41, 5.74) is 0. The lowest BCUT2D eigenvalue weighted by molar-refractivity contribution is -0.146. The number of likely N-dealkylation sites (N-methyl/N-ethyl adjacent to an activating group) is 1. The average molecular weight is 259 g/mol. The van der Waals surface area contributed by atoms with Crippen LogP contribution in [0.25, 0.3) is 0 Å². The lowest BCUT2D eigenvalue weighted by atomic mass is 10.2. The highest BCUT2D eigenvalue weighted by Crippen LogP contribution is 2.00. The van der Waals surface area contributed by atoms with Crippen LogP contribution < -0.4 is 10.6 Å². The maximum Gasteiger partial charge on any atom is 0.253 e. The van der Waals surface area contributed by atoms with E-state index in [4.69, 9.17) is 9.47 Å². The Morgan fingerprint density at radius 3 is 2.94 bits per heavy atom. The van der Waals surface area contributed by atoms with Crippen molar-refractivity contribution in [3.8, 4) is 0 Å². The van der Waals surface area contributed by atoms with E-state index in [0.717, 1.165) is 6.54 Å². The number of hydrogen-bond donors (Lipinski definition) is 2. The van der Waals surface area contributed by atoms with Crippen LogP contribution in [0.1, 0.15) is 0 Å². The lowest BCUT2D eigenvalue weighted by Crippen LogP contribution is -2.50. The molecule has 0 aromatic carbocycles. The average Bonchev–Trinajstić information content (AvgIpc) is 2.39. The number of rotatable bonds is 6. The molecule has 1 unspecified atom stereocenters. The molecular weight excluding hydrogens is 238 g/mol. The second kappa shape index (κ2) is 8.02. The Morgan fingerprint density at radius 2 is 2.33 bits per heavy atom. The summed E-state index contributed by atoms with van der Waals surface area (Å²) in [6.45, 7) is 2.70. The number of nitrogens with zero attached hydrogens (tertiary/aromatic N) is 1. The van der Waals surface area contributed by atoms with E-state index >= 15 is 0 Å². The first-order valence-electron chi connectivity index (χ1n) is 5.98. The van der Waals surface area contributed by atoms with Gasteiger partial charge in [-0.15, -0.1) is 0 Å². The van der Waals surface area contributed by atoms with Crippen molar-refractivity contribution in [2.75, 3.05) is 53.6 Å². The molecule has 1 aliphatic rings. The molecule has 1 fully saturated rings. The number of nitrogens with one attached hydrogen (secondary N) is 2. The first kappa shape index (κ1) is 14.9. The van der Waals surface area contributed by atoms with Gasteiger partial charge in [0.1, 0.15) is 6.10 Å². The van der Waals surface area contributed by atoms with Crippen LogP contribution in [0.4, 0.5) is 0 Å². The van der Waals surface area contributed by atoms with Crippen molar-refractivity contribution in [1.29, 1.82) is 0 Å². The van der Waals surface area contributed by atoms with Crippen LogP contribution in [-0.2, 0) is 19.1 Å². The van der Waals surface area contributed by atoms with Crippen LogP contribution in [0, 0.1) is 0 Å². The maximum atomic E-state index is 11.9. The van der Waals surface area contributed by atoms with Crippen LogP contribution in [0.2, 0.25) is 0 Å². The van der Waals surface area contributed by atoms with Gasteiger partial charge in [-0.1, -0.05) is 0 Å². The zero-order valence-electron chi connectivity index (χ0n) is 10.9. The van der Waals surface area contributed by atoms with Gasteiger partial charge in [0, 0.05) is 33.8 Å². The predicted molar refractivity (Wildman–Crippen MR) is 65.1 cm³/mol. The molecule has 2 N–H and O–H groups in total. The largest absolute Gasteiger partial charge is 0.383 e. The molecule has 0 aliphatic carbocycles. The minimum absolute atomic E-state index is 0.0302. The molecule has 1 rings (SSSR count). The summed E-state index contributed by atoms with van der Waals surface area (Å²) in [4.78, 5) is 24.8. The third kappa shape index (κ3) is 4.99. The molecule has 0 aromatic rings. The highest BCUT2D eigenvalue weighted by molar-refractivity contribution is 5.87. The second-order valence-electron chi connectivity index (χ2n) is 4.10. The van der Waals surface area contributed by atoms with E-state index in [2.05, 4.69) is 10.6 Å². The zero-order valence-corrected chi connectivity index (χ0v) is 10.9. The van der Waals surface area contributed by atoms with E-state index < -0.39 is 6.10 Å². The Kier molecular flexibility index (Phi) is 6.63. The fourth-order valence-electron chi connectivity index (χ4n) is 1.61. The molecule has 0 saturated carbocycles. The van der Waals surface area contributed by atoms with Crippen LogP contribution >= 0.6 is 0 Å². The Bertz CT molecular complexity index is 279. The minimum atomic E-state index is -0.490. The molecule has 2 amide bonds. The molecule has 1 heterocycles. The van der Waals surface area contributed by atoms with Gasteiger partial charge in [0.15, 0.2) is 0 Å². The zero-order chi connectivity index (χ0) is 13.4. The number of carbonyl (C=O) groups excluding carboxylic acids is 2. The van der Waals surface area contributed by atoms with Crippen molar-refractivity contribution in [2.45, 2.75) is 6.10 Å². The van der Waals surface area contributed by atoms with Gasteiger partial charge in [0.25, 0.3) is 5.91 Å². The topological polar surface area (TPSA) is 79.9 Å². The fraction of sp³-hybridized carbons (Fsp3) is 0.818. The molecule has 0 bridgehead atoms. The highest BCUT2D eigenvalue weighted by atomic mass is 16.5. The molecular formula is C11H21N3O4. The molecule has 0 aromatic heterocycles. The molecule has 1 aliphatic heterocycles. The molecule has 1 atom stereocenters. The Labute approximate surface area is 107 Å². The van der Waals surface area contributed by atoms with E-state index in [-0.39, 0.29) is 18.4 Å². The SMILES string of the molecule is COCCNC(=O)CN(C)C(=O)C1CNCCO1. The summed E-state index contributed by atoms with van der Waals surface area (Å²) in [7, 11) is 3.16. The van der Waals surface area contributed by atoms with Gasteiger partial charge in [-0.25, -0.2) is 0 Å². The second-order valence-corrected chi connectivity index (χ2v) is 4.10. The Morgan fingerprint density at radius 1 is 1.56 bits per heavy atom. The minimum Gasteiger partial charge on any atom is -0.383 e.